The smallest absolute Gasteiger partial charge is 0.243 e. The van der Waals surface area contributed by atoms with Crippen LogP contribution in [-0.4, -0.2) is 34.0 Å². The maximum Gasteiger partial charge on any atom is 0.243 e. The third-order valence-electron chi connectivity index (χ3n) is 4.93. The third kappa shape index (κ3) is 8.41. The maximum absolute atomic E-state index is 13.3. The average molecular weight is 441 g/mol. The molecule has 0 saturated heterocycles. The number of nitrogens with one attached hydrogen (secondary N) is 1. The first-order valence-corrected chi connectivity index (χ1v) is 11.9. The number of rotatable bonds is 9. The molecule has 0 saturated carbocycles. The molecule has 1 N–H and O–H groups in total. The summed E-state index contributed by atoms with van der Waals surface area (Å²) in [7, 11) is 0. The number of amides is 2. The number of nitrogens with zero attached hydrogens (tertiary/aromatic N) is 1. The highest BCUT2D eigenvalue weighted by Crippen LogP contribution is 2.21. The summed E-state index contributed by atoms with van der Waals surface area (Å²) >= 11 is 1.67. The van der Waals surface area contributed by atoms with E-state index >= 15 is 0 Å². The van der Waals surface area contributed by atoms with Crippen LogP contribution in [0.25, 0.3) is 0 Å². The molecular weight excluding hydrogens is 404 g/mol. The Morgan fingerprint density at radius 1 is 1.03 bits per heavy atom. The second kappa shape index (κ2) is 11.4. The number of aryl methyl sites for hydroxylation is 2. The van der Waals surface area contributed by atoms with Crippen LogP contribution in [0.4, 0.5) is 0 Å². The highest BCUT2D eigenvalue weighted by atomic mass is 32.2. The summed E-state index contributed by atoms with van der Waals surface area (Å²) in [6.07, 6.45) is 0.966. The number of benzene rings is 2. The third-order valence-corrected chi connectivity index (χ3v) is 5.94. The van der Waals surface area contributed by atoms with Gasteiger partial charge >= 0.3 is 0 Å². The average Bonchev–Trinajstić information content (AvgIpc) is 2.68. The molecule has 0 aromatic heterocycles. The molecule has 168 valence electrons. The van der Waals surface area contributed by atoms with Crippen LogP contribution in [0.1, 0.15) is 57.2 Å². The molecule has 0 heterocycles. The fourth-order valence-electron chi connectivity index (χ4n) is 3.41. The zero-order chi connectivity index (χ0) is 23.0. The van der Waals surface area contributed by atoms with Gasteiger partial charge in [0.25, 0.3) is 0 Å². The predicted octanol–water partition coefficient (Wildman–Crippen LogP) is 5.51. The topological polar surface area (TPSA) is 49.4 Å². The SMILES string of the molecule is CCC(C(=O)NC(C)(C)C)N(Cc1cccc(C)c1)C(=O)CCSc1ccc(C)cc1. The summed E-state index contributed by atoms with van der Waals surface area (Å²) in [5, 5.41) is 3.05. The molecular formula is C26H36N2O2S. The van der Waals surface area contributed by atoms with Crippen LogP contribution in [0.5, 0.6) is 0 Å². The minimum absolute atomic E-state index is 0.0111. The summed E-state index contributed by atoms with van der Waals surface area (Å²) < 4.78 is 0. The second-order valence-corrected chi connectivity index (χ2v) is 10.3. The summed E-state index contributed by atoms with van der Waals surface area (Å²) in [5.74, 6) is 0.600. The Hall–Kier alpha value is -2.27. The molecule has 4 nitrogen and oxygen atoms in total. The number of thioether (sulfide) groups is 1. The van der Waals surface area contributed by atoms with Crippen molar-refractivity contribution in [3.63, 3.8) is 0 Å². The summed E-state index contributed by atoms with van der Waals surface area (Å²) in [6.45, 7) is 12.4. The minimum atomic E-state index is -0.489. The molecule has 0 bridgehead atoms. The molecule has 0 spiro atoms. The van der Waals surface area contributed by atoms with Gasteiger partial charge in [0, 0.05) is 29.2 Å². The quantitative estimate of drug-likeness (QED) is 0.523. The van der Waals surface area contributed by atoms with Crippen LogP contribution >= 0.6 is 11.8 Å². The van der Waals surface area contributed by atoms with Crippen LogP contribution in [0.2, 0.25) is 0 Å². The molecule has 0 fully saturated rings. The normalized spacial score (nSPS) is 12.3. The van der Waals surface area contributed by atoms with Crippen molar-refractivity contribution in [1.29, 1.82) is 0 Å². The van der Waals surface area contributed by atoms with Crippen LogP contribution in [0.15, 0.2) is 53.4 Å². The van der Waals surface area contributed by atoms with E-state index < -0.39 is 6.04 Å². The molecule has 0 radical (unpaired) electrons. The Labute approximate surface area is 191 Å². The van der Waals surface area contributed by atoms with Gasteiger partial charge in [0.1, 0.15) is 6.04 Å². The second-order valence-electron chi connectivity index (χ2n) is 9.09. The van der Waals surface area contributed by atoms with Gasteiger partial charge in [-0.05, 0) is 58.7 Å². The lowest BCUT2D eigenvalue weighted by Crippen LogP contribution is -2.53. The van der Waals surface area contributed by atoms with Gasteiger partial charge < -0.3 is 10.2 Å². The molecule has 0 aliphatic rings. The van der Waals surface area contributed by atoms with Crippen molar-refractivity contribution in [2.24, 2.45) is 0 Å². The zero-order valence-electron chi connectivity index (χ0n) is 19.7. The predicted molar refractivity (Wildman–Crippen MR) is 130 cm³/mol. The molecule has 31 heavy (non-hydrogen) atoms. The first kappa shape index (κ1) is 25.0. The Kier molecular flexibility index (Phi) is 9.17. The fourth-order valence-corrected chi connectivity index (χ4v) is 4.25. The van der Waals surface area contributed by atoms with Crippen LogP contribution in [0.3, 0.4) is 0 Å². The lowest BCUT2D eigenvalue weighted by atomic mass is 10.0. The van der Waals surface area contributed by atoms with E-state index in [9.17, 15) is 9.59 Å². The van der Waals surface area contributed by atoms with E-state index in [1.807, 2.05) is 52.8 Å². The lowest BCUT2D eigenvalue weighted by Gasteiger charge is -2.33. The van der Waals surface area contributed by atoms with Crippen molar-refractivity contribution in [2.75, 3.05) is 5.75 Å². The summed E-state index contributed by atoms with van der Waals surface area (Å²) in [6, 6.07) is 16.0. The van der Waals surface area contributed by atoms with E-state index in [4.69, 9.17) is 0 Å². The van der Waals surface area contributed by atoms with Gasteiger partial charge in [-0.25, -0.2) is 0 Å². The van der Waals surface area contributed by atoms with E-state index in [2.05, 4.69) is 42.6 Å². The van der Waals surface area contributed by atoms with Gasteiger partial charge in [-0.1, -0.05) is 54.4 Å². The first-order chi connectivity index (χ1) is 14.6. The van der Waals surface area contributed by atoms with E-state index in [1.54, 1.807) is 16.7 Å². The van der Waals surface area contributed by atoms with Crippen molar-refractivity contribution in [2.45, 2.75) is 77.4 Å². The molecule has 1 unspecified atom stereocenters. The Balaban J connectivity index is 2.15. The largest absolute Gasteiger partial charge is 0.350 e. The van der Waals surface area contributed by atoms with Gasteiger partial charge in [-0.15, -0.1) is 11.8 Å². The highest BCUT2D eigenvalue weighted by Gasteiger charge is 2.30. The molecule has 1 atom stereocenters. The number of hydrogen-bond acceptors (Lipinski definition) is 3. The van der Waals surface area contributed by atoms with Gasteiger partial charge in [0.2, 0.25) is 11.8 Å². The van der Waals surface area contributed by atoms with Crippen molar-refractivity contribution in [1.82, 2.24) is 10.2 Å². The number of carbonyl (C=O) groups is 2. The fraction of sp³-hybridized carbons (Fsp3) is 0.462. The Bertz CT molecular complexity index is 872. The molecule has 2 aromatic rings. The Morgan fingerprint density at radius 2 is 1.71 bits per heavy atom. The summed E-state index contributed by atoms with van der Waals surface area (Å²) in [4.78, 5) is 29.2. The first-order valence-electron chi connectivity index (χ1n) is 11.0. The van der Waals surface area contributed by atoms with Crippen molar-refractivity contribution >= 4 is 23.6 Å². The van der Waals surface area contributed by atoms with Crippen LogP contribution in [0, 0.1) is 13.8 Å². The minimum Gasteiger partial charge on any atom is -0.350 e. The number of hydrogen-bond donors (Lipinski definition) is 1. The molecule has 2 rings (SSSR count). The molecule has 2 amide bonds. The standard InChI is InChI=1S/C26H36N2O2S/c1-7-23(25(30)27-26(4,5)6)28(18-21-10-8-9-20(3)17-21)24(29)15-16-31-22-13-11-19(2)12-14-22/h8-14,17,23H,7,15-16,18H2,1-6H3,(H,27,30). The van der Waals surface area contributed by atoms with Crippen molar-refractivity contribution in [3.05, 3.63) is 65.2 Å². The van der Waals surface area contributed by atoms with Crippen molar-refractivity contribution < 1.29 is 9.59 Å². The highest BCUT2D eigenvalue weighted by molar-refractivity contribution is 7.99. The van der Waals surface area contributed by atoms with Crippen LogP contribution in [-0.2, 0) is 16.1 Å². The Morgan fingerprint density at radius 3 is 2.29 bits per heavy atom. The lowest BCUT2D eigenvalue weighted by molar-refractivity contribution is -0.141. The van der Waals surface area contributed by atoms with Crippen molar-refractivity contribution in [3.8, 4) is 0 Å². The van der Waals surface area contributed by atoms with Crippen LogP contribution < -0.4 is 5.32 Å². The van der Waals surface area contributed by atoms with E-state index in [0.29, 0.717) is 25.1 Å². The van der Waals surface area contributed by atoms with E-state index in [-0.39, 0.29) is 17.4 Å². The number of carbonyl (C=O) groups excluding carboxylic acids is 2. The maximum atomic E-state index is 13.3. The van der Waals surface area contributed by atoms with Gasteiger partial charge in [-0.3, -0.25) is 9.59 Å². The summed E-state index contributed by atoms with van der Waals surface area (Å²) in [5.41, 5.74) is 3.07. The zero-order valence-corrected chi connectivity index (χ0v) is 20.5. The molecule has 2 aromatic carbocycles. The molecule has 0 aliphatic carbocycles. The van der Waals surface area contributed by atoms with E-state index in [0.717, 1.165) is 16.0 Å². The molecule has 5 heteroatoms. The molecule has 0 aliphatic heterocycles. The monoisotopic (exact) mass is 440 g/mol. The van der Waals surface area contributed by atoms with Gasteiger partial charge in [0.05, 0.1) is 0 Å². The van der Waals surface area contributed by atoms with Gasteiger partial charge in [0.15, 0.2) is 0 Å². The van der Waals surface area contributed by atoms with Gasteiger partial charge in [-0.2, -0.15) is 0 Å². The van der Waals surface area contributed by atoms with E-state index in [1.165, 1.54) is 5.56 Å².